The van der Waals surface area contributed by atoms with Crippen LogP contribution < -0.4 is 0 Å². The van der Waals surface area contributed by atoms with E-state index in [-0.39, 0.29) is 18.2 Å². The van der Waals surface area contributed by atoms with E-state index in [1.807, 2.05) is 18.2 Å². The van der Waals surface area contributed by atoms with Gasteiger partial charge in [-0.3, -0.25) is 4.98 Å². The van der Waals surface area contributed by atoms with Crippen molar-refractivity contribution in [3.05, 3.63) is 41.6 Å². The van der Waals surface area contributed by atoms with E-state index in [1.54, 1.807) is 6.07 Å². The van der Waals surface area contributed by atoms with Crippen molar-refractivity contribution in [2.24, 2.45) is 0 Å². The summed E-state index contributed by atoms with van der Waals surface area (Å²) in [7, 11) is 1.39. The molecule has 4 nitrogen and oxygen atoms in total. The van der Waals surface area contributed by atoms with Crippen LogP contribution in [0.1, 0.15) is 48.7 Å². The van der Waals surface area contributed by atoms with E-state index in [9.17, 15) is 4.79 Å². The van der Waals surface area contributed by atoms with Gasteiger partial charge in [0.05, 0.1) is 30.4 Å². The molecule has 1 fully saturated rings. The van der Waals surface area contributed by atoms with E-state index in [0.717, 1.165) is 29.4 Å². The number of hydrogen-bond acceptors (Lipinski definition) is 4. The number of aromatic nitrogens is 1. The number of carbonyl (C=O) groups excluding carboxylic acids is 1. The number of hydrogen-bond donors (Lipinski definition) is 0. The summed E-state index contributed by atoms with van der Waals surface area (Å²) in [6.07, 6.45) is 2.55. The predicted molar refractivity (Wildman–Crippen MR) is 85.1 cm³/mol. The van der Waals surface area contributed by atoms with Crippen LogP contribution in [0, 0.1) is 0 Å². The first-order chi connectivity index (χ1) is 10.6. The van der Waals surface area contributed by atoms with Crippen molar-refractivity contribution in [3.8, 4) is 0 Å². The summed E-state index contributed by atoms with van der Waals surface area (Å²) in [4.78, 5) is 16.4. The first-order valence-electron chi connectivity index (χ1n) is 7.71. The molecule has 2 aromatic rings. The van der Waals surface area contributed by atoms with Crippen LogP contribution in [-0.2, 0) is 9.47 Å². The first kappa shape index (κ1) is 15.0. The minimum absolute atomic E-state index is 0.271. The number of nitrogens with zero attached hydrogens (tertiary/aromatic N) is 1. The van der Waals surface area contributed by atoms with Gasteiger partial charge in [0.2, 0.25) is 0 Å². The van der Waals surface area contributed by atoms with Gasteiger partial charge >= 0.3 is 5.97 Å². The Labute approximate surface area is 130 Å². The van der Waals surface area contributed by atoms with E-state index >= 15 is 0 Å². The monoisotopic (exact) mass is 299 g/mol. The zero-order valence-electron chi connectivity index (χ0n) is 13.2. The fourth-order valence-electron chi connectivity index (χ4n) is 3.26. The second-order valence-electron chi connectivity index (χ2n) is 6.06. The van der Waals surface area contributed by atoms with Crippen molar-refractivity contribution in [2.75, 3.05) is 7.11 Å². The lowest BCUT2D eigenvalue weighted by Crippen LogP contribution is -2.28. The van der Waals surface area contributed by atoms with Gasteiger partial charge in [-0.05, 0) is 51.0 Å². The summed E-state index contributed by atoms with van der Waals surface area (Å²) < 4.78 is 10.6. The summed E-state index contributed by atoms with van der Waals surface area (Å²) >= 11 is 0. The van der Waals surface area contributed by atoms with Gasteiger partial charge in [0.1, 0.15) is 0 Å². The van der Waals surface area contributed by atoms with E-state index < -0.39 is 0 Å². The summed E-state index contributed by atoms with van der Waals surface area (Å²) in [5.41, 5.74) is 2.58. The molecule has 1 aliphatic heterocycles. The molecule has 116 valence electrons. The van der Waals surface area contributed by atoms with Crippen molar-refractivity contribution < 1.29 is 14.3 Å². The lowest BCUT2D eigenvalue weighted by Gasteiger charge is -2.31. The summed E-state index contributed by atoms with van der Waals surface area (Å²) in [6.45, 7) is 4.23. The van der Waals surface area contributed by atoms with Crippen molar-refractivity contribution >= 4 is 16.9 Å². The maximum atomic E-state index is 11.6. The molecular formula is C18H21NO3. The molecule has 3 rings (SSSR count). The quantitative estimate of drug-likeness (QED) is 0.793. The van der Waals surface area contributed by atoms with Gasteiger partial charge in [-0.2, -0.15) is 0 Å². The van der Waals surface area contributed by atoms with Crippen molar-refractivity contribution in [1.29, 1.82) is 0 Å². The third kappa shape index (κ3) is 2.97. The molecule has 0 amide bonds. The number of rotatable bonds is 2. The lowest BCUT2D eigenvalue weighted by atomic mass is 9.89. The van der Waals surface area contributed by atoms with E-state index in [4.69, 9.17) is 14.5 Å². The molecule has 22 heavy (non-hydrogen) atoms. The molecule has 1 saturated heterocycles. The van der Waals surface area contributed by atoms with E-state index in [1.165, 1.54) is 7.11 Å². The highest BCUT2D eigenvalue weighted by atomic mass is 16.5. The first-order valence-corrected chi connectivity index (χ1v) is 7.71. The maximum Gasteiger partial charge on any atom is 0.337 e. The number of carbonyl (C=O) groups is 1. The van der Waals surface area contributed by atoms with Crippen LogP contribution in [-0.4, -0.2) is 30.3 Å². The molecule has 0 N–H and O–H groups in total. The molecule has 2 unspecified atom stereocenters. The molecule has 0 saturated carbocycles. The van der Waals surface area contributed by atoms with Crippen molar-refractivity contribution in [1.82, 2.24) is 4.98 Å². The Morgan fingerprint density at radius 1 is 1.18 bits per heavy atom. The van der Waals surface area contributed by atoms with Gasteiger partial charge in [0, 0.05) is 17.0 Å². The van der Waals surface area contributed by atoms with Crippen LogP contribution in [0.15, 0.2) is 30.3 Å². The van der Waals surface area contributed by atoms with Gasteiger partial charge in [-0.15, -0.1) is 0 Å². The summed E-state index contributed by atoms with van der Waals surface area (Å²) in [5, 5.41) is 0.958. The fraction of sp³-hybridized carbons (Fsp3) is 0.444. The second kappa shape index (κ2) is 6.05. The number of methoxy groups -OCH3 is 1. The van der Waals surface area contributed by atoms with Crippen LogP contribution >= 0.6 is 0 Å². The van der Waals surface area contributed by atoms with Crippen LogP contribution in [0.3, 0.4) is 0 Å². The molecule has 0 radical (unpaired) electrons. The van der Waals surface area contributed by atoms with Gasteiger partial charge in [-0.25, -0.2) is 4.79 Å². The number of esters is 1. The number of benzene rings is 1. The maximum absolute atomic E-state index is 11.6. The molecule has 0 bridgehead atoms. The van der Waals surface area contributed by atoms with Gasteiger partial charge in [-0.1, -0.05) is 6.07 Å². The van der Waals surface area contributed by atoms with Crippen molar-refractivity contribution in [2.45, 2.75) is 44.8 Å². The zero-order valence-corrected chi connectivity index (χ0v) is 13.2. The van der Waals surface area contributed by atoms with Gasteiger partial charge < -0.3 is 9.47 Å². The summed E-state index contributed by atoms with van der Waals surface area (Å²) in [5.74, 6) is 0.112. The third-order valence-corrected chi connectivity index (χ3v) is 4.25. The third-order valence-electron chi connectivity index (χ3n) is 4.25. The molecule has 1 aromatic heterocycles. The standard InChI is InChI=1S/C18H21NO3/c1-11-8-15(9-12(2)22-11)17-6-4-13-10-14(18(20)21-3)5-7-16(13)19-17/h4-7,10-12,15H,8-9H2,1-3H3. The fourth-order valence-corrected chi connectivity index (χ4v) is 3.26. The van der Waals surface area contributed by atoms with Gasteiger partial charge in [0.25, 0.3) is 0 Å². The highest BCUT2D eigenvalue weighted by Crippen LogP contribution is 2.33. The highest BCUT2D eigenvalue weighted by Gasteiger charge is 2.26. The zero-order chi connectivity index (χ0) is 15.7. The minimum Gasteiger partial charge on any atom is -0.465 e. The summed E-state index contributed by atoms with van der Waals surface area (Å²) in [6, 6.07) is 9.58. The average molecular weight is 299 g/mol. The van der Waals surface area contributed by atoms with Crippen LogP contribution in [0.25, 0.3) is 10.9 Å². The number of ether oxygens (including phenoxy) is 2. The number of pyridine rings is 1. The van der Waals surface area contributed by atoms with E-state index in [2.05, 4.69) is 19.9 Å². The van der Waals surface area contributed by atoms with Crippen LogP contribution in [0.2, 0.25) is 0 Å². The van der Waals surface area contributed by atoms with Crippen LogP contribution in [0.4, 0.5) is 0 Å². The molecule has 1 aromatic carbocycles. The topological polar surface area (TPSA) is 48.4 Å². The molecule has 4 heteroatoms. The number of fused-ring (bicyclic) bond motifs is 1. The molecular weight excluding hydrogens is 278 g/mol. The Morgan fingerprint density at radius 2 is 1.91 bits per heavy atom. The lowest BCUT2D eigenvalue weighted by molar-refractivity contribution is -0.0385. The van der Waals surface area contributed by atoms with Gasteiger partial charge in [0.15, 0.2) is 0 Å². The Balaban J connectivity index is 1.91. The SMILES string of the molecule is COC(=O)c1ccc2nc(C3CC(C)OC(C)C3)ccc2c1. The minimum atomic E-state index is -0.321. The average Bonchev–Trinajstić information content (AvgIpc) is 2.52. The molecule has 0 aliphatic carbocycles. The largest absolute Gasteiger partial charge is 0.465 e. The Morgan fingerprint density at radius 3 is 2.59 bits per heavy atom. The second-order valence-corrected chi connectivity index (χ2v) is 6.06. The van der Waals surface area contributed by atoms with Crippen molar-refractivity contribution in [3.63, 3.8) is 0 Å². The molecule has 1 aliphatic rings. The Bertz CT molecular complexity index is 688. The van der Waals surface area contributed by atoms with E-state index in [0.29, 0.717) is 11.5 Å². The smallest absolute Gasteiger partial charge is 0.337 e. The Kier molecular flexibility index (Phi) is 4.12. The van der Waals surface area contributed by atoms with Crippen LogP contribution in [0.5, 0.6) is 0 Å². The normalized spacial score (nSPS) is 25.1. The molecule has 2 atom stereocenters. The molecule has 2 heterocycles. The predicted octanol–water partition coefficient (Wildman–Crippen LogP) is 3.69. The molecule has 0 spiro atoms. The highest BCUT2D eigenvalue weighted by molar-refractivity contribution is 5.94. The Hall–Kier alpha value is -1.94.